The molecule has 1 fully saturated rings. The van der Waals surface area contributed by atoms with E-state index < -0.39 is 17.9 Å². The average molecular weight is 322 g/mol. The predicted octanol–water partition coefficient (Wildman–Crippen LogP) is 1.34. The maximum absolute atomic E-state index is 12.0. The van der Waals surface area contributed by atoms with Gasteiger partial charge in [-0.2, -0.15) is 0 Å². The van der Waals surface area contributed by atoms with Gasteiger partial charge in [-0.15, -0.1) is 0 Å². The fourth-order valence-corrected chi connectivity index (χ4v) is 2.40. The molecule has 2 amide bonds. The van der Waals surface area contributed by atoms with Gasteiger partial charge in [0.1, 0.15) is 6.04 Å². The molecule has 0 spiro atoms. The minimum Gasteiger partial charge on any atom is -0.459 e. The summed E-state index contributed by atoms with van der Waals surface area (Å²) >= 11 is 0. The first-order valence-electron chi connectivity index (χ1n) is 7.86. The number of hydrogen-bond acceptors (Lipinski definition) is 5. The minimum absolute atomic E-state index is 0.116. The van der Waals surface area contributed by atoms with Crippen LogP contribution in [0.25, 0.3) is 0 Å². The molecule has 1 aliphatic heterocycles. The third kappa shape index (κ3) is 5.12. The van der Waals surface area contributed by atoms with Crippen molar-refractivity contribution in [1.29, 1.82) is 0 Å². The van der Waals surface area contributed by atoms with E-state index in [9.17, 15) is 14.4 Å². The molecule has 0 aromatic carbocycles. The molecule has 2 heterocycles. The molecule has 1 saturated heterocycles. The number of nitrogens with zero attached hydrogens (tertiary/aromatic N) is 1. The quantitative estimate of drug-likeness (QED) is 0.827. The second-order valence-electron chi connectivity index (χ2n) is 5.58. The fourth-order valence-electron chi connectivity index (χ4n) is 2.40. The molecule has 23 heavy (non-hydrogen) atoms. The Bertz CT molecular complexity index is 533. The van der Waals surface area contributed by atoms with E-state index in [0.29, 0.717) is 13.1 Å². The number of furan rings is 1. The number of likely N-dealkylation sites (tertiary alicyclic amines) is 1. The summed E-state index contributed by atoms with van der Waals surface area (Å²) in [5.74, 6) is -1.22. The van der Waals surface area contributed by atoms with E-state index in [2.05, 4.69) is 5.32 Å². The first kappa shape index (κ1) is 17.1. The SMILES string of the molecule is C[C@@H](NC(=O)c1ccco1)C(=O)OCC(=O)N1CCCCCC1. The zero-order valence-corrected chi connectivity index (χ0v) is 13.2. The number of ether oxygens (including phenoxy) is 1. The Kier molecular flexibility index (Phi) is 6.19. The van der Waals surface area contributed by atoms with Gasteiger partial charge in [0, 0.05) is 13.1 Å². The van der Waals surface area contributed by atoms with Gasteiger partial charge >= 0.3 is 5.97 Å². The number of amides is 2. The van der Waals surface area contributed by atoms with Crippen molar-refractivity contribution >= 4 is 17.8 Å². The van der Waals surface area contributed by atoms with Gasteiger partial charge in [0.15, 0.2) is 12.4 Å². The summed E-state index contributed by atoms with van der Waals surface area (Å²) in [6, 6.07) is 2.22. The van der Waals surface area contributed by atoms with Crippen LogP contribution in [0.5, 0.6) is 0 Å². The molecule has 0 unspecified atom stereocenters. The zero-order chi connectivity index (χ0) is 16.7. The van der Waals surface area contributed by atoms with E-state index in [4.69, 9.17) is 9.15 Å². The van der Waals surface area contributed by atoms with Crippen molar-refractivity contribution in [3.63, 3.8) is 0 Å². The van der Waals surface area contributed by atoms with Crippen molar-refractivity contribution in [3.05, 3.63) is 24.2 Å². The highest BCUT2D eigenvalue weighted by Gasteiger charge is 2.22. The highest BCUT2D eigenvalue weighted by Crippen LogP contribution is 2.10. The van der Waals surface area contributed by atoms with Gasteiger partial charge in [-0.3, -0.25) is 9.59 Å². The highest BCUT2D eigenvalue weighted by molar-refractivity contribution is 5.94. The molecular weight excluding hydrogens is 300 g/mol. The van der Waals surface area contributed by atoms with Gasteiger partial charge in [-0.25, -0.2) is 4.79 Å². The van der Waals surface area contributed by atoms with Crippen molar-refractivity contribution in [2.24, 2.45) is 0 Å². The standard InChI is InChI=1S/C16H22N2O5/c1-12(17-15(20)13-7-6-10-22-13)16(21)23-11-14(19)18-8-4-2-3-5-9-18/h6-7,10,12H,2-5,8-9,11H2,1H3,(H,17,20)/t12-/m1/s1. The molecule has 0 saturated carbocycles. The van der Waals surface area contributed by atoms with E-state index in [1.807, 2.05) is 0 Å². The smallest absolute Gasteiger partial charge is 0.328 e. The van der Waals surface area contributed by atoms with Crippen molar-refractivity contribution in [3.8, 4) is 0 Å². The molecule has 1 N–H and O–H groups in total. The summed E-state index contributed by atoms with van der Waals surface area (Å²) in [4.78, 5) is 37.4. The van der Waals surface area contributed by atoms with Crippen LogP contribution in [-0.2, 0) is 14.3 Å². The second kappa shape index (κ2) is 8.36. The lowest BCUT2D eigenvalue weighted by Gasteiger charge is -2.20. The minimum atomic E-state index is -0.857. The molecule has 2 rings (SSSR count). The number of carbonyl (C=O) groups excluding carboxylic acids is 3. The van der Waals surface area contributed by atoms with Crippen molar-refractivity contribution in [2.45, 2.75) is 38.6 Å². The molecule has 0 aliphatic carbocycles. The first-order valence-corrected chi connectivity index (χ1v) is 7.86. The Labute approximate surface area is 135 Å². The van der Waals surface area contributed by atoms with E-state index in [-0.39, 0.29) is 18.3 Å². The van der Waals surface area contributed by atoms with Crippen LogP contribution in [0, 0.1) is 0 Å². The number of hydrogen-bond donors (Lipinski definition) is 1. The van der Waals surface area contributed by atoms with Gasteiger partial charge in [0.05, 0.1) is 6.26 Å². The predicted molar refractivity (Wildman–Crippen MR) is 81.6 cm³/mol. The van der Waals surface area contributed by atoms with Crippen LogP contribution in [0.3, 0.4) is 0 Å². The molecular formula is C16H22N2O5. The van der Waals surface area contributed by atoms with Crippen LogP contribution in [0.2, 0.25) is 0 Å². The van der Waals surface area contributed by atoms with Crippen LogP contribution in [0.1, 0.15) is 43.2 Å². The first-order chi connectivity index (χ1) is 11.1. The van der Waals surface area contributed by atoms with Crippen LogP contribution in [0.15, 0.2) is 22.8 Å². The monoisotopic (exact) mass is 322 g/mol. The molecule has 1 aliphatic rings. The summed E-state index contributed by atoms with van der Waals surface area (Å²) in [5.41, 5.74) is 0. The molecule has 1 aromatic heterocycles. The van der Waals surface area contributed by atoms with Crippen LogP contribution < -0.4 is 5.32 Å². The number of carbonyl (C=O) groups is 3. The lowest BCUT2D eigenvalue weighted by molar-refractivity contribution is -0.153. The topological polar surface area (TPSA) is 88.9 Å². The Morgan fingerprint density at radius 2 is 1.96 bits per heavy atom. The van der Waals surface area contributed by atoms with E-state index in [1.165, 1.54) is 19.3 Å². The van der Waals surface area contributed by atoms with Crippen molar-refractivity contribution in [2.75, 3.05) is 19.7 Å². The molecule has 126 valence electrons. The van der Waals surface area contributed by atoms with Gasteiger partial charge in [-0.05, 0) is 31.9 Å². The van der Waals surface area contributed by atoms with E-state index in [1.54, 1.807) is 11.0 Å². The van der Waals surface area contributed by atoms with Gasteiger partial charge in [-0.1, -0.05) is 12.8 Å². The third-order valence-electron chi connectivity index (χ3n) is 3.74. The Morgan fingerprint density at radius 3 is 2.57 bits per heavy atom. The van der Waals surface area contributed by atoms with Crippen LogP contribution >= 0.6 is 0 Å². The summed E-state index contributed by atoms with van der Waals surface area (Å²) in [7, 11) is 0. The third-order valence-corrected chi connectivity index (χ3v) is 3.74. The van der Waals surface area contributed by atoms with Gasteiger partial charge in [0.2, 0.25) is 0 Å². The molecule has 7 heteroatoms. The van der Waals surface area contributed by atoms with Crippen molar-refractivity contribution < 1.29 is 23.5 Å². The summed E-state index contributed by atoms with van der Waals surface area (Å²) < 4.78 is 9.94. The van der Waals surface area contributed by atoms with Crippen LogP contribution in [-0.4, -0.2) is 48.4 Å². The maximum Gasteiger partial charge on any atom is 0.328 e. The number of esters is 1. The molecule has 1 aromatic rings. The highest BCUT2D eigenvalue weighted by atomic mass is 16.5. The van der Waals surface area contributed by atoms with E-state index in [0.717, 1.165) is 25.7 Å². The largest absolute Gasteiger partial charge is 0.459 e. The average Bonchev–Trinajstić information content (AvgIpc) is 2.95. The lowest BCUT2D eigenvalue weighted by atomic mass is 10.2. The van der Waals surface area contributed by atoms with Crippen molar-refractivity contribution in [1.82, 2.24) is 10.2 Å². The normalized spacial score (nSPS) is 16.3. The Hall–Kier alpha value is -2.31. The Morgan fingerprint density at radius 1 is 1.26 bits per heavy atom. The van der Waals surface area contributed by atoms with Gasteiger partial charge in [0.25, 0.3) is 11.8 Å². The molecule has 0 radical (unpaired) electrons. The number of rotatable bonds is 5. The van der Waals surface area contributed by atoms with Gasteiger partial charge < -0.3 is 19.4 Å². The fraction of sp³-hybridized carbons (Fsp3) is 0.562. The van der Waals surface area contributed by atoms with Crippen LogP contribution in [0.4, 0.5) is 0 Å². The Balaban J connectivity index is 1.74. The number of nitrogens with one attached hydrogen (secondary N) is 1. The van der Waals surface area contributed by atoms with E-state index >= 15 is 0 Å². The summed E-state index contributed by atoms with van der Waals surface area (Å²) in [6.07, 6.45) is 5.58. The lowest BCUT2D eigenvalue weighted by Crippen LogP contribution is -2.41. The molecule has 1 atom stereocenters. The molecule has 0 bridgehead atoms. The summed E-state index contributed by atoms with van der Waals surface area (Å²) in [6.45, 7) is 2.63. The molecule has 7 nitrogen and oxygen atoms in total. The summed E-state index contributed by atoms with van der Waals surface area (Å²) in [5, 5.41) is 2.46. The maximum atomic E-state index is 12.0. The zero-order valence-electron chi connectivity index (χ0n) is 13.2. The second-order valence-corrected chi connectivity index (χ2v) is 5.58.